The molecule has 5 N–H and O–H groups in total. The van der Waals surface area contributed by atoms with Gasteiger partial charge in [-0.3, -0.25) is 9.59 Å². The minimum Gasteiger partial charge on any atom is -0.508 e. The summed E-state index contributed by atoms with van der Waals surface area (Å²) < 4.78 is 23.2. The van der Waals surface area contributed by atoms with E-state index >= 15 is 0 Å². The molecule has 0 aliphatic carbocycles. The Bertz CT molecular complexity index is 3950. The first-order chi connectivity index (χ1) is 40.9. The summed E-state index contributed by atoms with van der Waals surface area (Å²) in [5, 5.41) is 59.1. The summed E-state index contributed by atoms with van der Waals surface area (Å²) in [6.45, 7) is 31.3. The zero-order valence-corrected chi connectivity index (χ0v) is 53.5. The molecule has 0 spiro atoms. The lowest BCUT2D eigenvalue weighted by Crippen LogP contribution is -2.28. The molecule has 0 amide bonds. The van der Waals surface area contributed by atoms with Crippen molar-refractivity contribution in [3.63, 3.8) is 0 Å². The summed E-state index contributed by atoms with van der Waals surface area (Å²) in [6.07, 6.45) is 4.63. The number of carbonyl (C=O) groups is 2. The summed E-state index contributed by atoms with van der Waals surface area (Å²) in [5.41, 5.74) is 3.38. The van der Waals surface area contributed by atoms with Crippen molar-refractivity contribution < 1.29 is 49.0 Å². The Hall–Kier alpha value is -8.63. The second kappa shape index (κ2) is 28.3. The molecule has 10 aromatic carbocycles. The number of halogens is 1. The van der Waals surface area contributed by atoms with E-state index in [1.807, 2.05) is 94.4 Å². The largest absolute Gasteiger partial charge is 0.508 e. The van der Waals surface area contributed by atoms with Crippen LogP contribution in [-0.2, 0) is 25.8 Å². The van der Waals surface area contributed by atoms with Crippen molar-refractivity contribution in [2.24, 2.45) is 10.8 Å². The summed E-state index contributed by atoms with van der Waals surface area (Å²) in [6, 6.07) is 54.4. The van der Waals surface area contributed by atoms with Gasteiger partial charge in [0.05, 0.1) is 10.8 Å². The third-order valence-electron chi connectivity index (χ3n) is 17.5. The minimum absolute atomic E-state index is 0.0763. The van der Waals surface area contributed by atoms with Gasteiger partial charge in [-0.05, 0) is 197 Å². The molecular formula is C77H89FO9. The van der Waals surface area contributed by atoms with Crippen molar-refractivity contribution in [1.29, 1.82) is 0 Å². The van der Waals surface area contributed by atoms with E-state index in [9.17, 15) is 29.3 Å². The number of fused-ring (bicyclic) bond motifs is 5. The standard InChI is InChI=1S/2C19H20O.C15H18O.C12H15FO3.C12H16O3/c1-4-19(2,3)17-7-5-13-10-16-12-18(20)8-6-14(16)9-15(13)11-17;1-4-19(2,3)17-13-9-5-7-11-15(13)18(20)16-12-8-6-10-14(16)17;1-4-15(2,3)13-9-5-8-12-11(13)7-6-10-14(12)16;1-4-12(2,3)11(15)16-8-5-6-10(14)9(13)7-8;1-4-12(2,3)11(14)15-10-7-5-9(13)6-8-10/h2*5-12,20H,4H2,1-3H3;5-10,16H,4H2,1-3H3;5-7,14H,4H2,1-3H3;5-8,13H,4H2,1-3H3. The van der Waals surface area contributed by atoms with E-state index in [2.05, 4.69) is 117 Å². The highest BCUT2D eigenvalue weighted by Crippen LogP contribution is 2.44. The predicted octanol–water partition coefficient (Wildman–Crippen LogP) is 20.6. The normalized spacial score (nSPS) is 11.8. The molecule has 0 aromatic heterocycles. The van der Waals surface area contributed by atoms with Gasteiger partial charge in [-0.15, -0.1) is 0 Å². The van der Waals surface area contributed by atoms with Crippen LogP contribution in [0.4, 0.5) is 4.39 Å². The summed E-state index contributed by atoms with van der Waals surface area (Å²) in [7, 11) is 0. The lowest BCUT2D eigenvalue weighted by atomic mass is 9.77. The quantitative estimate of drug-likeness (QED) is 0.0457. The van der Waals surface area contributed by atoms with Crippen LogP contribution in [0.15, 0.2) is 176 Å². The van der Waals surface area contributed by atoms with Crippen molar-refractivity contribution >= 4 is 65.8 Å². The first kappa shape index (κ1) is 67.5. The Morgan fingerprint density at radius 3 is 1.34 bits per heavy atom. The number of hydrogen-bond donors (Lipinski definition) is 5. The number of rotatable bonds is 12. The number of phenols is 5. The molecule has 0 unspecified atom stereocenters. The molecule has 0 saturated carbocycles. The molecule has 10 heteroatoms. The molecule has 0 aliphatic rings. The number of carbonyl (C=O) groups excluding carboxylic acids is 2. The van der Waals surface area contributed by atoms with E-state index < -0.39 is 28.4 Å². The topological polar surface area (TPSA) is 154 Å². The van der Waals surface area contributed by atoms with E-state index in [1.165, 1.54) is 51.0 Å². The van der Waals surface area contributed by atoms with Crippen LogP contribution < -0.4 is 9.47 Å². The highest BCUT2D eigenvalue weighted by atomic mass is 19.1. The molecule has 0 fully saturated rings. The molecular weight excluding hydrogens is 1090 g/mol. The molecule has 0 radical (unpaired) electrons. The number of phenolic OH excluding ortho intramolecular Hbond substituents is 5. The van der Waals surface area contributed by atoms with Gasteiger partial charge in [0, 0.05) is 22.2 Å². The van der Waals surface area contributed by atoms with Gasteiger partial charge >= 0.3 is 11.9 Å². The number of benzene rings is 10. The lowest BCUT2D eigenvalue weighted by molar-refractivity contribution is -0.144. The third kappa shape index (κ3) is 16.5. The van der Waals surface area contributed by atoms with E-state index in [0.717, 1.165) is 75.5 Å². The molecule has 87 heavy (non-hydrogen) atoms. The molecule has 10 rings (SSSR count). The van der Waals surface area contributed by atoms with E-state index in [-0.39, 0.29) is 33.7 Å². The van der Waals surface area contributed by atoms with Gasteiger partial charge in [0.1, 0.15) is 34.5 Å². The van der Waals surface area contributed by atoms with Crippen LogP contribution in [0, 0.1) is 16.6 Å². The monoisotopic (exact) mass is 1180 g/mol. The third-order valence-corrected chi connectivity index (χ3v) is 17.5. The summed E-state index contributed by atoms with van der Waals surface area (Å²) in [4.78, 5) is 23.3. The van der Waals surface area contributed by atoms with E-state index in [4.69, 9.17) is 19.7 Å². The predicted molar refractivity (Wildman–Crippen MR) is 357 cm³/mol. The maximum absolute atomic E-state index is 13.0. The first-order valence-electron chi connectivity index (χ1n) is 30.2. The average molecular weight is 1180 g/mol. The smallest absolute Gasteiger partial charge is 0.316 e. The Balaban J connectivity index is 0.000000175. The number of ether oxygens (including phenoxy) is 2. The lowest BCUT2D eigenvalue weighted by Gasteiger charge is -2.27. The van der Waals surface area contributed by atoms with Crippen molar-refractivity contribution in [3.05, 3.63) is 198 Å². The van der Waals surface area contributed by atoms with Crippen LogP contribution in [0.25, 0.3) is 53.9 Å². The van der Waals surface area contributed by atoms with Gasteiger partial charge in [-0.2, -0.15) is 0 Å². The summed E-state index contributed by atoms with van der Waals surface area (Å²) >= 11 is 0. The van der Waals surface area contributed by atoms with Crippen LogP contribution >= 0.6 is 0 Å². The Morgan fingerprint density at radius 1 is 0.379 bits per heavy atom. The molecule has 0 saturated heterocycles. The summed E-state index contributed by atoms with van der Waals surface area (Å²) in [5.74, 6) is -0.144. The molecule has 10 aromatic rings. The zero-order valence-electron chi connectivity index (χ0n) is 53.5. The zero-order chi connectivity index (χ0) is 64.2. The molecule has 9 nitrogen and oxygen atoms in total. The average Bonchev–Trinajstić information content (AvgIpc) is 0.805. The minimum atomic E-state index is -0.806. The fourth-order valence-corrected chi connectivity index (χ4v) is 9.54. The van der Waals surface area contributed by atoms with Gasteiger partial charge in [0.25, 0.3) is 0 Å². The Labute approximate surface area is 514 Å². The van der Waals surface area contributed by atoms with Gasteiger partial charge in [0.2, 0.25) is 0 Å². The Kier molecular flexibility index (Phi) is 21.9. The molecule has 0 atom stereocenters. The number of esters is 2. The van der Waals surface area contributed by atoms with Gasteiger partial charge in [-0.25, -0.2) is 4.39 Å². The van der Waals surface area contributed by atoms with Crippen molar-refractivity contribution in [2.75, 3.05) is 0 Å². The van der Waals surface area contributed by atoms with Crippen LogP contribution in [0.1, 0.15) is 153 Å². The molecule has 0 aliphatic heterocycles. The van der Waals surface area contributed by atoms with Crippen LogP contribution in [0.3, 0.4) is 0 Å². The highest BCUT2D eigenvalue weighted by molar-refractivity contribution is 6.09. The van der Waals surface area contributed by atoms with Crippen molar-refractivity contribution in [2.45, 2.75) is 152 Å². The van der Waals surface area contributed by atoms with Crippen LogP contribution in [0.5, 0.6) is 40.2 Å². The highest BCUT2D eigenvalue weighted by Gasteiger charge is 2.30. The fourth-order valence-electron chi connectivity index (χ4n) is 9.54. The molecule has 0 heterocycles. The fraction of sp³-hybridized carbons (Fsp3) is 0.325. The molecule has 458 valence electrons. The maximum Gasteiger partial charge on any atom is 0.316 e. The molecule has 0 bridgehead atoms. The van der Waals surface area contributed by atoms with Gasteiger partial charge in [-0.1, -0.05) is 179 Å². The van der Waals surface area contributed by atoms with E-state index in [1.54, 1.807) is 38.1 Å². The number of hydrogen-bond acceptors (Lipinski definition) is 9. The second-order valence-corrected chi connectivity index (χ2v) is 25.5. The van der Waals surface area contributed by atoms with Gasteiger partial charge in [0.15, 0.2) is 11.6 Å². The van der Waals surface area contributed by atoms with Gasteiger partial charge < -0.3 is 35.0 Å². The first-order valence-corrected chi connectivity index (χ1v) is 30.2. The van der Waals surface area contributed by atoms with Crippen molar-refractivity contribution in [3.8, 4) is 40.2 Å². The maximum atomic E-state index is 13.0. The van der Waals surface area contributed by atoms with Crippen LogP contribution in [-0.4, -0.2) is 37.5 Å². The van der Waals surface area contributed by atoms with E-state index in [0.29, 0.717) is 29.4 Å². The number of aromatic hydroxyl groups is 5. The van der Waals surface area contributed by atoms with Crippen LogP contribution in [0.2, 0.25) is 0 Å². The second-order valence-electron chi connectivity index (χ2n) is 25.5. The Morgan fingerprint density at radius 2 is 0.828 bits per heavy atom. The SMILES string of the molecule is CCC(C)(C)C(=O)Oc1ccc(O)c(F)c1.CCC(C)(C)C(=O)Oc1ccc(O)cc1.CCC(C)(C)c1c2ccccc2c(O)c2ccccc12.CCC(C)(C)c1ccc2cc3cc(O)ccc3cc2c1.CCC(C)(C)c1cccc2c(O)cccc12. The van der Waals surface area contributed by atoms with Crippen molar-refractivity contribution in [1.82, 2.24) is 0 Å².